The van der Waals surface area contributed by atoms with E-state index in [1.807, 2.05) is 18.3 Å². The van der Waals surface area contributed by atoms with E-state index in [1.54, 1.807) is 44.7 Å². The number of anilines is 4. The van der Waals surface area contributed by atoms with Crippen molar-refractivity contribution in [2.45, 2.75) is 57.7 Å². The normalized spacial score (nSPS) is 17.1. The van der Waals surface area contributed by atoms with E-state index in [0.29, 0.717) is 39.3 Å². The van der Waals surface area contributed by atoms with E-state index in [4.69, 9.17) is 25.4 Å². The molecule has 0 aliphatic heterocycles. The van der Waals surface area contributed by atoms with Crippen molar-refractivity contribution in [1.82, 2.24) is 14.5 Å². The third kappa shape index (κ3) is 6.98. The second-order valence-electron chi connectivity index (χ2n) is 10.8. The van der Waals surface area contributed by atoms with Crippen molar-refractivity contribution in [3.63, 3.8) is 0 Å². The lowest BCUT2D eigenvalue weighted by Crippen LogP contribution is -2.17. The average Bonchev–Trinajstić information content (AvgIpc) is 3.30. The summed E-state index contributed by atoms with van der Waals surface area (Å²) in [6, 6.07) is 9.37. The number of aromatic hydroxyl groups is 1. The van der Waals surface area contributed by atoms with E-state index < -0.39 is 7.60 Å². The summed E-state index contributed by atoms with van der Waals surface area (Å²) in [6.45, 7) is 4.12. The lowest BCUT2D eigenvalue weighted by Gasteiger charge is -2.26. The molecule has 4 aromatic rings. The van der Waals surface area contributed by atoms with E-state index in [-0.39, 0.29) is 37.3 Å². The monoisotopic (exact) mass is 643 g/mol. The van der Waals surface area contributed by atoms with Gasteiger partial charge in [-0.3, -0.25) is 4.57 Å². The van der Waals surface area contributed by atoms with Gasteiger partial charge in [0.1, 0.15) is 10.8 Å². The van der Waals surface area contributed by atoms with Crippen LogP contribution in [0.5, 0.6) is 11.6 Å². The summed E-state index contributed by atoms with van der Waals surface area (Å²) in [7, 11) is 0.0614. The number of benzene rings is 2. The topological polar surface area (TPSA) is 140 Å². The number of ether oxygens (including phenoxy) is 1. The fraction of sp³-hybridized carbons (Fsp3) is 0.419. The molecule has 0 atom stereocenters. The van der Waals surface area contributed by atoms with Crippen molar-refractivity contribution in [1.29, 1.82) is 0 Å². The molecule has 0 spiro atoms. The molecule has 44 heavy (non-hydrogen) atoms. The molecule has 11 nitrogen and oxygen atoms in total. The molecule has 1 aliphatic rings. The van der Waals surface area contributed by atoms with Crippen molar-refractivity contribution in [3.8, 4) is 11.6 Å². The van der Waals surface area contributed by atoms with Crippen LogP contribution < -0.4 is 15.4 Å². The zero-order valence-corrected chi connectivity index (χ0v) is 27.0. The molecule has 0 saturated heterocycles. The van der Waals surface area contributed by atoms with Gasteiger partial charge in [-0.1, -0.05) is 23.7 Å². The first-order valence-electron chi connectivity index (χ1n) is 14.7. The second-order valence-corrected chi connectivity index (χ2v) is 13.3. The van der Waals surface area contributed by atoms with Gasteiger partial charge in [0.05, 0.1) is 55.5 Å². The molecule has 0 amide bonds. The zero-order valence-electron chi connectivity index (χ0n) is 25.3. The first-order chi connectivity index (χ1) is 21.1. The van der Waals surface area contributed by atoms with Crippen LogP contribution in [0.1, 0.15) is 56.6 Å². The van der Waals surface area contributed by atoms with Crippen molar-refractivity contribution >= 4 is 53.1 Å². The Bertz CT molecular complexity index is 1660. The number of methoxy groups -OCH3 is 1. The average molecular weight is 644 g/mol. The minimum absolute atomic E-state index is 0.110. The maximum atomic E-state index is 13.0. The van der Waals surface area contributed by atoms with Gasteiger partial charge in [0, 0.05) is 18.6 Å². The lowest BCUT2D eigenvalue weighted by molar-refractivity contribution is 0.123. The number of fused-ring (bicyclic) bond motifs is 1. The number of aryl methyl sites for hydroxylation is 1. The van der Waals surface area contributed by atoms with Gasteiger partial charge in [-0.05, 0) is 74.8 Å². The highest BCUT2D eigenvalue weighted by atomic mass is 35.5. The Balaban J connectivity index is 1.40. The molecule has 1 saturated carbocycles. The van der Waals surface area contributed by atoms with Gasteiger partial charge < -0.3 is 39.2 Å². The largest absolute Gasteiger partial charge is 0.495 e. The van der Waals surface area contributed by atoms with Crippen LogP contribution in [0.3, 0.4) is 0 Å². The Kier molecular flexibility index (Phi) is 10.0. The summed E-state index contributed by atoms with van der Waals surface area (Å²) >= 11 is 6.52. The number of aromatic nitrogens is 3. The third-order valence-corrected chi connectivity index (χ3v) is 10.2. The van der Waals surface area contributed by atoms with Crippen LogP contribution in [0.15, 0.2) is 42.7 Å². The molecule has 1 fully saturated rings. The quantitative estimate of drug-likeness (QED) is 0.114. The minimum Gasteiger partial charge on any atom is -0.495 e. The molecular formula is C31H39ClN5O6P. The number of hydrogen-bond donors (Lipinski definition) is 4. The van der Waals surface area contributed by atoms with Gasteiger partial charge in [-0.2, -0.15) is 4.98 Å². The molecule has 13 heteroatoms. The van der Waals surface area contributed by atoms with Gasteiger partial charge >= 0.3 is 7.60 Å². The smallest absolute Gasteiger partial charge is 0.335 e. The van der Waals surface area contributed by atoms with Crippen LogP contribution in [0, 0.1) is 0 Å². The Morgan fingerprint density at radius 1 is 1.07 bits per heavy atom. The Morgan fingerprint density at radius 3 is 2.45 bits per heavy atom. The number of aliphatic hydroxyl groups is 1. The molecule has 5 rings (SSSR count). The highest BCUT2D eigenvalue weighted by Crippen LogP contribution is 2.52. The van der Waals surface area contributed by atoms with Crippen LogP contribution in [0.2, 0.25) is 5.02 Å². The number of rotatable bonds is 12. The highest BCUT2D eigenvalue weighted by molar-refractivity contribution is 7.53. The van der Waals surface area contributed by atoms with E-state index in [9.17, 15) is 14.8 Å². The van der Waals surface area contributed by atoms with Crippen molar-refractivity contribution in [2.75, 3.05) is 31.0 Å². The summed E-state index contributed by atoms with van der Waals surface area (Å²) in [6.07, 6.45) is 6.62. The Hall–Kier alpha value is -3.34. The Morgan fingerprint density at radius 2 is 1.77 bits per heavy atom. The number of halogens is 1. The number of hydrogen-bond acceptors (Lipinski definition) is 10. The molecule has 0 bridgehead atoms. The van der Waals surface area contributed by atoms with E-state index in [1.165, 1.54) is 6.20 Å². The SMILES string of the molecule is CCOP(=O)(Cc1ccc(Nc2ncc(Cl)c(Nc3ccc(C4CCC(O)CC4)c4cn(C)c(O)c34)n2)c(OC)c1)OCC. The fourth-order valence-electron chi connectivity index (χ4n) is 5.74. The van der Waals surface area contributed by atoms with Gasteiger partial charge in [0.2, 0.25) is 11.8 Å². The summed E-state index contributed by atoms with van der Waals surface area (Å²) < 4.78 is 31.2. The van der Waals surface area contributed by atoms with Crippen molar-refractivity contribution in [3.05, 3.63) is 58.9 Å². The van der Waals surface area contributed by atoms with E-state index in [0.717, 1.165) is 42.2 Å². The first-order valence-corrected chi connectivity index (χ1v) is 16.9. The summed E-state index contributed by atoms with van der Waals surface area (Å²) in [5, 5.41) is 29.4. The molecule has 2 aromatic carbocycles. The van der Waals surface area contributed by atoms with Gasteiger partial charge in [0.25, 0.3) is 0 Å². The van der Waals surface area contributed by atoms with E-state index in [2.05, 4.69) is 26.7 Å². The van der Waals surface area contributed by atoms with Crippen molar-refractivity contribution < 1.29 is 28.6 Å². The van der Waals surface area contributed by atoms with Crippen LogP contribution in [0.4, 0.5) is 23.1 Å². The predicted octanol–water partition coefficient (Wildman–Crippen LogP) is 7.61. The van der Waals surface area contributed by atoms with E-state index >= 15 is 0 Å². The van der Waals surface area contributed by atoms with Crippen LogP contribution in [-0.2, 0) is 26.8 Å². The zero-order chi connectivity index (χ0) is 31.4. The number of nitrogens with one attached hydrogen (secondary N) is 2. The van der Waals surface area contributed by atoms with Crippen LogP contribution in [0.25, 0.3) is 10.8 Å². The van der Waals surface area contributed by atoms with Gasteiger partial charge in [0.15, 0.2) is 5.82 Å². The molecule has 2 aromatic heterocycles. The fourth-order valence-corrected chi connectivity index (χ4v) is 7.57. The van der Waals surface area contributed by atoms with Gasteiger partial charge in [-0.25, -0.2) is 4.98 Å². The maximum Gasteiger partial charge on any atom is 0.335 e. The molecule has 2 heterocycles. The number of nitrogens with zero attached hydrogens (tertiary/aromatic N) is 3. The predicted molar refractivity (Wildman–Crippen MR) is 173 cm³/mol. The minimum atomic E-state index is -3.29. The maximum absolute atomic E-state index is 13.0. The highest BCUT2D eigenvalue weighted by Gasteiger charge is 2.26. The summed E-state index contributed by atoms with van der Waals surface area (Å²) in [5.41, 5.74) is 3.13. The van der Waals surface area contributed by atoms with Gasteiger partial charge in [-0.15, -0.1) is 0 Å². The molecule has 1 aliphatic carbocycles. The lowest BCUT2D eigenvalue weighted by atomic mass is 9.81. The molecule has 0 radical (unpaired) electrons. The standard InChI is InChI=1S/C31H39ClN5O6P/c1-5-42-44(40,43-6-2)18-19-7-13-25(27(15-19)41-4)35-31-33-16-24(32)29(36-31)34-26-14-12-22(20-8-10-21(38)11-9-20)23-17-37(3)30(39)28(23)26/h7,12-17,20-21,38-39H,5-6,8-11,18H2,1-4H3,(H2,33,34,35,36). The third-order valence-electron chi connectivity index (χ3n) is 7.83. The summed E-state index contributed by atoms with van der Waals surface area (Å²) in [4.78, 5) is 8.95. The molecular weight excluding hydrogens is 605 g/mol. The second kappa shape index (κ2) is 13.7. The van der Waals surface area contributed by atoms with Crippen LogP contribution in [-0.4, -0.2) is 51.2 Å². The molecule has 236 valence electrons. The molecule has 0 unspecified atom stereocenters. The molecule has 4 N–H and O–H groups in total. The summed E-state index contributed by atoms with van der Waals surface area (Å²) in [5.74, 6) is 1.56. The first kappa shape index (κ1) is 32.1. The van der Waals surface area contributed by atoms with Crippen LogP contribution >= 0.6 is 19.2 Å². The Labute approximate surface area is 262 Å². The number of aliphatic hydroxyl groups excluding tert-OH is 1. The van der Waals surface area contributed by atoms with Crippen molar-refractivity contribution in [2.24, 2.45) is 7.05 Å².